The summed E-state index contributed by atoms with van der Waals surface area (Å²) in [5.41, 5.74) is 0.917. The number of benzene rings is 2. The first-order valence-corrected chi connectivity index (χ1v) is 6.57. The Bertz CT molecular complexity index is 735. The molecule has 0 amide bonds. The molecule has 0 aromatic heterocycles. The van der Waals surface area contributed by atoms with Crippen molar-refractivity contribution in [2.24, 2.45) is 0 Å². The maximum absolute atomic E-state index is 13.7. The van der Waals surface area contributed by atoms with Crippen LogP contribution in [0.25, 0.3) is 6.08 Å². The topological polar surface area (TPSA) is 26.3 Å². The van der Waals surface area contributed by atoms with Gasteiger partial charge in [-0.3, -0.25) is 4.79 Å². The van der Waals surface area contributed by atoms with Crippen molar-refractivity contribution >= 4 is 11.9 Å². The van der Waals surface area contributed by atoms with Crippen molar-refractivity contribution in [1.82, 2.24) is 0 Å². The standard InChI is InChI=1S/C17H12F2O2/c18-13-5-6-16-14(10-13)17(20)12(7-8-21-16)9-11-3-1-2-4-15(11)19/h1-6,9-10H,7-8H2/b12-9+. The van der Waals surface area contributed by atoms with E-state index in [1.807, 2.05) is 0 Å². The normalized spacial score (nSPS) is 16.3. The fourth-order valence-electron chi connectivity index (χ4n) is 2.28. The minimum Gasteiger partial charge on any atom is -0.492 e. The van der Waals surface area contributed by atoms with Crippen molar-refractivity contribution in [2.75, 3.05) is 6.61 Å². The van der Waals surface area contributed by atoms with E-state index in [4.69, 9.17) is 4.74 Å². The molecule has 0 saturated heterocycles. The quantitative estimate of drug-likeness (QED) is 0.740. The molecule has 0 N–H and O–H groups in total. The van der Waals surface area contributed by atoms with Gasteiger partial charge in [0.05, 0.1) is 12.2 Å². The molecule has 2 aromatic rings. The van der Waals surface area contributed by atoms with Crippen LogP contribution in [-0.2, 0) is 0 Å². The summed E-state index contributed by atoms with van der Waals surface area (Å²) in [5, 5.41) is 0. The van der Waals surface area contributed by atoms with Crippen LogP contribution in [0.2, 0.25) is 0 Å². The van der Waals surface area contributed by atoms with E-state index in [9.17, 15) is 13.6 Å². The van der Waals surface area contributed by atoms with Crippen LogP contribution in [0.4, 0.5) is 8.78 Å². The van der Waals surface area contributed by atoms with Crippen molar-refractivity contribution in [3.63, 3.8) is 0 Å². The van der Waals surface area contributed by atoms with E-state index < -0.39 is 11.6 Å². The van der Waals surface area contributed by atoms with Crippen LogP contribution in [0.5, 0.6) is 5.75 Å². The number of hydrogen-bond donors (Lipinski definition) is 0. The lowest BCUT2D eigenvalue weighted by Crippen LogP contribution is -2.03. The zero-order valence-electron chi connectivity index (χ0n) is 11.1. The molecule has 2 aromatic carbocycles. The van der Waals surface area contributed by atoms with Gasteiger partial charge in [0.2, 0.25) is 0 Å². The smallest absolute Gasteiger partial charge is 0.192 e. The minimum atomic E-state index is -0.502. The Morgan fingerprint density at radius 1 is 1.10 bits per heavy atom. The van der Waals surface area contributed by atoms with E-state index in [0.717, 1.165) is 6.07 Å². The second kappa shape index (κ2) is 5.48. The zero-order valence-corrected chi connectivity index (χ0v) is 11.1. The Kier molecular flexibility index (Phi) is 3.52. The summed E-state index contributed by atoms with van der Waals surface area (Å²) in [7, 11) is 0. The van der Waals surface area contributed by atoms with E-state index >= 15 is 0 Å². The van der Waals surface area contributed by atoms with E-state index in [1.165, 1.54) is 24.3 Å². The Morgan fingerprint density at radius 2 is 1.90 bits per heavy atom. The van der Waals surface area contributed by atoms with E-state index in [1.54, 1.807) is 18.2 Å². The molecule has 3 rings (SSSR count). The first-order chi connectivity index (χ1) is 10.1. The summed E-state index contributed by atoms with van der Waals surface area (Å²) >= 11 is 0. The molecular formula is C17H12F2O2. The SMILES string of the molecule is O=C1/C(=C/c2ccccc2F)CCOc2ccc(F)cc21. The van der Waals surface area contributed by atoms with Crippen molar-refractivity contribution in [3.8, 4) is 5.75 Å². The third-order valence-electron chi connectivity index (χ3n) is 3.34. The molecule has 106 valence electrons. The number of fused-ring (bicyclic) bond motifs is 1. The van der Waals surface area contributed by atoms with E-state index in [2.05, 4.69) is 0 Å². The predicted molar refractivity (Wildman–Crippen MR) is 75.2 cm³/mol. The highest BCUT2D eigenvalue weighted by molar-refractivity contribution is 6.13. The van der Waals surface area contributed by atoms with Crippen LogP contribution in [0.3, 0.4) is 0 Å². The number of carbonyl (C=O) groups excluding carboxylic acids is 1. The summed E-state index contributed by atoms with van der Waals surface area (Å²) in [5.74, 6) is -0.871. The number of carbonyl (C=O) groups is 1. The summed E-state index contributed by atoms with van der Waals surface area (Å²) in [6.07, 6.45) is 1.85. The Labute approximate surface area is 120 Å². The van der Waals surface area contributed by atoms with Gasteiger partial charge in [0, 0.05) is 17.6 Å². The van der Waals surface area contributed by atoms with Gasteiger partial charge in [0.1, 0.15) is 17.4 Å². The maximum Gasteiger partial charge on any atom is 0.192 e. The molecule has 0 aliphatic carbocycles. The number of ether oxygens (including phenoxy) is 1. The highest BCUT2D eigenvalue weighted by Gasteiger charge is 2.22. The number of halogens is 2. The second-order valence-corrected chi connectivity index (χ2v) is 4.76. The van der Waals surface area contributed by atoms with Crippen LogP contribution in [-0.4, -0.2) is 12.4 Å². The average molecular weight is 286 g/mol. The van der Waals surface area contributed by atoms with Gasteiger partial charge in [0.25, 0.3) is 0 Å². The molecule has 0 bridgehead atoms. The lowest BCUT2D eigenvalue weighted by atomic mass is 9.99. The van der Waals surface area contributed by atoms with Gasteiger partial charge in [-0.05, 0) is 30.3 Å². The molecule has 1 aliphatic rings. The molecule has 0 unspecified atom stereocenters. The molecule has 21 heavy (non-hydrogen) atoms. The highest BCUT2D eigenvalue weighted by Crippen LogP contribution is 2.28. The molecule has 4 heteroatoms. The van der Waals surface area contributed by atoms with Gasteiger partial charge in [-0.15, -0.1) is 0 Å². The third kappa shape index (κ3) is 2.70. The van der Waals surface area contributed by atoms with Crippen LogP contribution in [0.15, 0.2) is 48.0 Å². The maximum atomic E-state index is 13.7. The van der Waals surface area contributed by atoms with Crippen molar-refractivity contribution in [3.05, 3.63) is 70.8 Å². The molecule has 0 saturated carbocycles. The predicted octanol–water partition coefficient (Wildman–Crippen LogP) is 4.01. The number of Topliss-reactive ketones (excluding diaryl/α,β-unsaturated/α-hetero) is 1. The monoisotopic (exact) mass is 286 g/mol. The van der Waals surface area contributed by atoms with Crippen molar-refractivity contribution < 1.29 is 18.3 Å². The average Bonchev–Trinajstić information content (AvgIpc) is 2.62. The molecule has 2 nitrogen and oxygen atoms in total. The summed E-state index contributed by atoms with van der Waals surface area (Å²) in [6.45, 7) is 0.296. The van der Waals surface area contributed by atoms with Gasteiger partial charge in [-0.2, -0.15) is 0 Å². The summed E-state index contributed by atoms with van der Waals surface area (Å²) in [6, 6.07) is 10.0. The number of ketones is 1. The van der Waals surface area contributed by atoms with Gasteiger partial charge >= 0.3 is 0 Å². The molecular weight excluding hydrogens is 274 g/mol. The van der Waals surface area contributed by atoms with Crippen LogP contribution in [0.1, 0.15) is 22.3 Å². The molecule has 1 heterocycles. The molecule has 0 spiro atoms. The lowest BCUT2D eigenvalue weighted by molar-refractivity contribution is 0.103. The summed E-state index contributed by atoms with van der Waals surface area (Å²) < 4.78 is 32.5. The fourth-order valence-corrected chi connectivity index (χ4v) is 2.28. The molecule has 1 aliphatic heterocycles. The van der Waals surface area contributed by atoms with Crippen LogP contribution < -0.4 is 4.74 Å². The van der Waals surface area contributed by atoms with Crippen LogP contribution >= 0.6 is 0 Å². The lowest BCUT2D eigenvalue weighted by Gasteiger charge is -2.05. The Morgan fingerprint density at radius 3 is 2.71 bits per heavy atom. The number of hydrogen-bond acceptors (Lipinski definition) is 2. The highest BCUT2D eigenvalue weighted by atomic mass is 19.1. The Hall–Kier alpha value is -2.49. The van der Waals surface area contributed by atoms with Gasteiger partial charge in [0.15, 0.2) is 5.78 Å². The minimum absolute atomic E-state index is 0.176. The van der Waals surface area contributed by atoms with Crippen molar-refractivity contribution in [2.45, 2.75) is 6.42 Å². The van der Waals surface area contributed by atoms with Crippen LogP contribution in [0, 0.1) is 11.6 Å². The first-order valence-electron chi connectivity index (χ1n) is 6.57. The van der Waals surface area contributed by atoms with Crippen molar-refractivity contribution in [1.29, 1.82) is 0 Å². The van der Waals surface area contributed by atoms with E-state index in [0.29, 0.717) is 29.9 Å². The second-order valence-electron chi connectivity index (χ2n) is 4.76. The Balaban J connectivity index is 2.05. The molecule has 0 radical (unpaired) electrons. The zero-order chi connectivity index (χ0) is 14.8. The first kappa shape index (κ1) is 13.5. The number of rotatable bonds is 1. The largest absolute Gasteiger partial charge is 0.492 e. The molecule has 0 atom stereocenters. The van der Waals surface area contributed by atoms with Gasteiger partial charge in [-0.1, -0.05) is 18.2 Å². The fraction of sp³-hybridized carbons (Fsp3) is 0.118. The van der Waals surface area contributed by atoms with Gasteiger partial charge < -0.3 is 4.74 Å². The summed E-state index contributed by atoms with van der Waals surface area (Å²) in [4.78, 5) is 12.5. The molecule has 0 fully saturated rings. The van der Waals surface area contributed by atoms with E-state index in [-0.39, 0.29) is 11.3 Å². The van der Waals surface area contributed by atoms with Gasteiger partial charge in [-0.25, -0.2) is 8.78 Å². The third-order valence-corrected chi connectivity index (χ3v) is 3.34.